The van der Waals surface area contributed by atoms with Crippen molar-refractivity contribution in [2.45, 2.75) is 0 Å². The lowest BCUT2D eigenvalue weighted by molar-refractivity contribution is 1.17. The zero-order chi connectivity index (χ0) is 14.8. The first-order valence-electron chi connectivity index (χ1n) is 6.82. The molecule has 6 nitrogen and oxygen atoms in total. The van der Waals surface area contributed by atoms with E-state index in [-0.39, 0.29) is 0 Å². The maximum absolute atomic E-state index is 4.57. The summed E-state index contributed by atoms with van der Waals surface area (Å²) in [6.45, 7) is 0. The molecule has 0 unspecified atom stereocenters. The Labute approximate surface area is 126 Å². The SMILES string of the molecule is c1cncc(Nc2nccc(-c3c[nH]c4cnccc34)n2)c1. The molecule has 0 saturated carbocycles. The zero-order valence-corrected chi connectivity index (χ0v) is 11.6. The van der Waals surface area contributed by atoms with Gasteiger partial charge in [0.2, 0.25) is 5.95 Å². The van der Waals surface area contributed by atoms with Crippen LogP contribution in [-0.4, -0.2) is 24.9 Å². The Morgan fingerprint density at radius 1 is 0.955 bits per heavy atom. The van der Waals surface area contributed by atoms with Crippen molar-refractivity contribution in [3.63, 3.8) is 0 Å². The molecule has 4 aromatic rings. The Bertz CT molecular complexity index is 916. The van der Waals surface area contributed by atoms with Gasteiger partial charge < -0.3 is 10.3 Å². The lowest BCUT2D eigenvalue weighted by Crippen LogP contribution is -1.97. The monoisotopic (exact) mass is 288 g/mol. The molecule has 0 aliphatic heterocycles. The molecular weight excluding hydrogens is 276 g/mol. The summed E-state index contributed by atoms with van der Waals surface area (Å²) in [5.41, 5.74) is 3.70. The van der Waals surface area contributed by atoms with Crippen LogP contribution in [-0.2, 0) is 0 Å². The molecule has 4 rings (SSSR count). The second kappa shape index (κ2) is 5.25. The maximum Gasteiger partial charge on any atom is 0.227 e. The molecule has 22 heavy (non-hydrogen) atoms. The molecule has 0 aliphatic rings. The number of aromatic nitrogens is 5. The average Bonchev–Trinajstić information content (AvgIpc) is 3.00. The van der Waals surface area contributed by atoms with Crippen LogP contribution in [0.3, 0.4) is 0 Å². The van der Waals surface area contributed by atoms with E-state index in [0.717, 1.165) is 27.8 Å². The molecule has 0 atom stereocenters. The van der Waals surface area contributed by atoms with Crippen LogP contribution in [0.25, 0.3) is 22.2 Å². The Kier molecular flexibility index (Phi) is 2.97. The van der Waals surface area contributed by atoms with E-state index in [0.29, 0.717) is 5.95 Å². The highest BCUT2D eigenvalue weighted by Crippen LogP contribution is 2.27. The van der Waals surface area contributed by atoms with Gasteiger partial charge in [-0.15, -0.1) is 0 Å². The summed E-state index contributed by atoms with van der Waals surface area (Å²) in [7, 11) is 0. The fourth-order valence-corrected chi connectivity index (χ4v) is 2.32. The molecule has 0 spiro atoms. The van der Waals surface area contributed by atoms with E-state index in [1.807, 2.05) is 30.5 Å². The third-order valence-corrected chi connectivity index (χ3v) is 3.33. The third-order valence-electron chi connectivity index (χ3n) is 3.33. The smallest absolute Gasteiger partial charge is 0.227 e. The van der Waals surface area contributed by atoms with Crippen LogP contribution in [0.5, 0.6) is 0 Å². The minimum absolute atomic E-state index is 0.536. The minimum atomic E-state index is 0.536. The molecule has 2 N–H and O–H groups in total. The summed E-state index contributed by atoms with van der Waals surface area (Å²) < 4.78 is 0. The van der Waals surface area contributed by atoms with Gasteiger partial charge in [0.05, 0.1) is 29.3 Å². The van der Waals surface area contributed by atoms with E-state index in [1.54, 1.807) is 31.0 Å². The minimum Gasteiger partial charge on any atom is -0.359 e. The summed E-state index contributed by atoms with van der Waals surface area (Å²) in [4.78, 5) is 20.2. The fraction of sp³-hybridized carbons (Fsp3) is 0. The highest BCUT2D eigenvalue weighted by atomic mass is 15.1. The molecule has 4 heterocycles. The number of H-pyrrole nitrogens is 1. The van der Waals surface area contributed by atoms with Crippen molar-refractivity contribution in [2.75, 3.05) is 5.32 Å². The molecule has 6 heteroatoms. The molecule has 0 bridgehead atoms. The largest absolute Gasteiger partial charge is 0.359 e. The van der Waals surface area contributed by atoms with Crippen molar-refractivity contribution in [1.29, 1.82) is 0 Å². The topological polar surface area (TPSA) is 79.4 Å². The van der Waals surface area contributed by atoms with E-state index in [9.17, 15) is 0 Å². The van der Waals surface area contributed by atoms with E-state index >= 15 is 0 Å². The number of hydrogen-bond donors (Lipinski definition) is 2. The van der Waals surface area contributed by atoms with E-state index < -0.39 is 0 Å². The van der Waals surface area contributed by atoms with Gasteiger partial charge in [0.1, 0.15) is 0 Å². The van der Waals surface area contributed by atoms with Crippen molar-refractivity contribution in [3.8, 4) is 11.3 Å². The maximum atomic E-state index is 4.57. The molecule has 0 fully saturated rings. The number of fused-ring (bicyclic) bond motifs is 1. The lowest BCUT2D eigenvalue weighted by atomic mass is 10.1. The number of rotatable bonds is 3. The second-order valence-corrected chi connectivity index (χ2v) is 4.76. The molecule has 106 valence electrons. The molecule has 4 aromatic heterocycles. The lowest BCUT2D eigenvalue weighted by Gasteiger charge is -2.05. The van der Waals surface area contributed by atoms with Crippen LogP contribution in [0.4, 0.5) is 11.6 Å². The number of pyridine rings is 2. The summed E-state index contributed by atoms with van der Waals surface area (Å²) in [6.07, 6.45) is 10.7. The van der Waals surface area contributed by atoms with Crippen LogP contribution >= 0.6 is 0 Å². The average molecular weight is 288 g/mol. The van der Waals surface area contributed by atoms with Crippen LogP contribution in [0.2, 0.25) is 0 Å². The number of anilines is 2. The standard InChI is InChI=1S/C16H12N6/c1-2-11(8-17-5-1)21-16-19-7-4-14(22-16)13-9-20-15-10-18-6-3-12(13)15/h1-10,20H,(H,19,21,22). The fourth-order valence-electron chi connectivity index (χ4n) is 2.32. The van der Waals surface area contributed by atoms with Gasteiger partial charge in [-0.25, -0.2) is 9.97 Å². The highest BCUT2D eigenvalue weighted by molar-refractivity contribution is 5.94. The highest BCUT2D eigenvalue weighted by Gasteiger charge is 2.08. The van der Waals surface area contributed by atoms with E-state index in [1.165, 1.54) is 0 Å². The van der Waals surface area contributed by atoms with Gasteiger partial charge in [0, 0.05) is 35.7 Å². The Balaban J connectivity index is 1.73. The van der Waals surface area contributed by atoms with Crippen molar-refractivity contribution in [1.82, 2.24) is 24.9 Å². The van der Waals surface area contributed by atoms with Crippen molar-refractivity contribution in [3.05, 3.63) is 61.4 Å². The van der Waals surface area contributed by atoms with Crippen molar-refractivity contribution in [2.24, 2.45) is 0 Å². The van der Waals surface area contributed by atoms with Gasteiger partial charge in [-0.3, -0.25) is 9.97 Å². The molecule has 0 aliphatic carbocycles. The molecular formula is C16H12N6. The van der Waals surface area contributed by atoms with Gasteiger partial charge in [-0.1, -0.05) is 0 Å². The molecule has 0 amide bonds. The summed E-state index contributed by atoms with van der Waals surface area (Å²) >= 11 is 0. The predicted octanol–water partition coefficient (Wildman–Crippen LogP) is 3.16. The van der Waals surface area contributed by atoms with E-state index in [4.69, 9.17) is 0 Å². The van der Waals surface area contributed by atoms with Gasteiger partial charge in [0.15, 0.2) is 0 Å². The van der Waals surface area contributed by atoms with Crippen molar-refractivity contribution < 1.29 is 0 Å². The van der Waals surface area contributed by atoms with Crippen LogP contribution in [0.1, 0.15) is 0 Å². The third kappa shape index (κ3) is 2.26. The van der Waals surface area contributed by atoms with E-state index in [2.05, 4.69) is 30.2 Å². The van der Waals surface area contributed by atoms with Gasteiger partial charge in [0.25, 0.3) is 0 Å². The molecule has 0 aromatic carbocycles. The van der Waals surface area contributed by atoms with Gasteiger partial charge in [-0.05, 0) is 24.3 Å². The number of hydrogen-bond acceptors (Lipinski definition) is 5. The van der Waals surface area contributed by atoms with Crippen LogP contribution in [0, 0.1) is 0 Å². The summed E-state index contributed by atoms with van der Waals surface area (Å²) in [6, 6.07) is 7.63. The Morgan fingerprint density at radius 3 is 2.82 bits per heavy atom. The Hall–Kier alpha value is -3.28. The molecule has 0 saturated heterocycles. The van der Waals surface area contributed by atoms with Gasteiger partial charge >= 0.3 is 0 Å². The number of nitrogens with one attached hydrogen (secondary N) is 2. The van der Waals surface area contributed by atoms with Gasteiger partial charge in [-0.2, -0.15) is 0 Å². The molecule has 0 radical (unpaired) electrons. The Morgan fingerprint density at radius 2 is 1.91 bits per heavy atom. The first-order chi connectivity index (χ1) is 10.9. The van der Waals surface area contributed by atoms with Crippen LogP contribution in [0.15, 0.2) is 61.4 Å². The zero-order valence-electron chi connectivity index (χ0n) is 11.6. The first-order valence-corrected chi connectivity index (χ1v) is 6.82. The number of aromatic amines is 1. The van der Waals surface area contributed by atoms with Crippen molar-refractivity contribution >= 4 is 22.5 Å². The summed E-state index contributed by atoms with van der Waals surface area (Å²) in [5, 5.41) is 4.23. The quantitative estimate of drug-likeness (QED) is 0.605. The second-order valence-electron chi connectivity index (χ2n) is 4.76. The normalized spacial score (nSPS) is 10.7. The number of nitrogens with zero attached hydrogens (tertiary/aromatic N) is 4. The summed E-state index contributed by atoms with van der Waals surface area (Å²) in [5.74, 6) is 0.536. The predicted molar refractivity (Wildman–Crippen MR) is 84.6 cm³/mol. The first kappa shape index (κ1) is 12.5. The van der Waals surface area contributed by atoms with Crippen LogP contribution < -0.4 is 5.32 Å².